The molecule has 0 atom stereocenters. The number of ether oxygens (including phenoxy) is 1. The van der Waals surface area contributed by atoms with Crippen LogP contribution in [0.15, 0.2) is 46.9 Å². The lowest BCUT2D eigenvalue weighted by atomic mass is 10.2. The lowest BCUT2D eigenvalue weighted by molar-refractivity contribution is 0.0699. The molecule has 6 nitrogen and oxygen atoms in total. The van der Waals surface area contributed by atoms with Crippen molar-refractivity contribution in [3.05, 3.63) is 58.1 Å². The maximum atomic E-state index is 11.9. The monoisotopic (exact) mass is 406 g/mol. The summed E-state index contributed by atoms with van der Waals surface area (Å²) >= 11 is 4.41. The van der Waals surface area contributed by atoms with Crippen LogP contribution >= 0.6 is 27.3 Å². The molecule has 0 bridgehead atoms. The zero-order chi connectivity index (χ0) is 17.1. The number of carboxylic acid groups (broad SMARTS) is 1. The minimum atomic E-state index is -1.05. The first kappa shape index (κ1) is 16.4. The number of carbonyl (C=O) groups excluding carboxylic acids is 1. The number of carbonyl (C=O) groups is 2. The summed E-state index contributed by atoms with van der Waals surface area (Å²) in [6.45, 7) is 0.141. The van der Waals surface area contributed by atoms with Crippen LogP contribution in [-0.4, -0.2) is 22.2 Å². The minimum Gasteiger partial charge on any atom is -0.478 e. The van der Waals surface area contributed by atoms with Gasteiger partial charge in [-0.1, -0.05) is 41.7 Å². The highest BCUT2D eigenvalue weighted by molar-refractivity contribution is 9.10. The van der Waals surface area contributed by atoms with E-state index in [2.05, 4.69) is 26.2 Å². The third-order valence-corrected chi connectivity index (χ3v) is 4.79. The first-order valence-corrected chi connectivity index (χ1v) is 8.45. The fourth-order valence-electron chi connectivity index (χ4n) is 2.04. The summed E-state index contributed by atoms with van der Waals surface area (Å²) in [7, 11) is 0. The van der Waals surface area contributed by atoms with Crippen LogP contribution in [0.3, 0.4) is 0 Å². The fourth-order valence-corrected chi connectivity index (χ4v) is 3.58. The van der Waals surface area contributed by atoms with E-state index in [1.54, 1.807) is 6.07 Å². The van der Waals surface area contributed by atoms with E-state index >= 15 is 0 Å². The van der Waals surface area contributed by atoms with Crippen molar-refractivity contribution < 1.29 is 19.4 Å². The van der Waals surface area contributed by atoms with E-state index < -0.39 is 12.1 Å². The molecule has 0 saturated heterocycles. The number of fused-ring (bicyclic) bond motifs is 1. The predicted molar refractivity (Wildman–Crippen MR) is 94.5 cm³/mol. The minimum absolute atomic E-state index is 0.136. The molecular weight excluding hydrogens is 396 g/mol. The number of carboxylic acids is 1. The number of nitrogens with zero attached hydrogens (tertiary/aromatic N) is 1. The predicted octanol–water partition coefficient (Wildman–Crippen LogP) is 4.51. The maximum absolute atomic E-state index is 11.9. The molecule has 2 N–H and O–H groups in total. The van der Waals surface area contributed by atoms with Gasteiger partial charge in [0.05, 0.1) is 15.8 Å². The van der Waals surface area contributed by atoms with E-state index in [9.17, 15) is 14.7 Å². The van der Waals surface area contributed by atoms with Gasteiger partial charge in [-0.15, -0.1) is 0 Å². The highest BCUT2D eigenvalue weighted by Gasteiger charge is 2.17. The van der Waals surface area contributed by atoms with Crippen LogP contribution in [-0.2, 0) is 11.3 Å². The fraction of sp³-hybridized carbons (Fsp3) is 0.0625. The van der Waals surface area contributed by atoms with Crippen LogP contribution in [0, 0.1) is 0 Å². The molecule has 1 heterocycles. The van der Waals surface area contributed by atoms with Gasteiger partial charge in [-0.05, 0) is 33.6 Å². The third-order valence-electron chi connectivity index (χ3n) is 3.15. The Balaban J connectivity index is 1.75. The molecule has 0 aliphatic rings. The summed E-state index contributed by atoms with van der Waals surface area (Å²) < 4.78 is 6.26. The Morgan fingerprint density at radius 2 is 1.96 bits per heavy atom. The molecule has 0 aliphatic heterocycles. The molecule has 0 unspecified atom stereocenters. The van der Waals surface area contributed by atoms with E-state index in [0.29, 0.717) is 14.7 Å². The van der Waals surface area contributed by atoms with E-state index in [1.165, 1.54) is 6.07 Å². The Bertz CT molecular complexity index is 911. The normalized spacial score (nSPS) is 10.5. The van der Waals surface area contributed by atoms with Gasteiger partial charge in [0.2, 0.25) is 0 Å². The van der Waals surface area contributed by atoms with Gasteiger partial charge in [0, 0.05) is 4.47 Å². The van der Waals surface area contributed by atoms with Crippen LogP contribution in [0.4, 0.5) is 9.93 Å². The second kappa shape index (κ2) is 6.98. The molecule has 3 rings (SSSR count). The molecule has 0 spiro atoms. The van der Waals surface area contributed by atoms with Gasteiger partial charge >= 0.3 is 12.1 Å². The largest absolute Gasteiger partial charge is 0.478 e. The molecule has 24 heavy (non-hydrogen) atoms. The van der Waals surface area contributed by atoms with Crippen molar-refractivity contribution in [2.24, 2.45) is 0 Å². The van der Waals surface area contributed by atoms with Crippen molar-refractivity contribution in [3.8, 4) is 0 Å². The SMILES string of the molecule is O=C(Nc1nc2c(Br)ccc(C(=O)O)c2s1)OCc1ccccc1. The second-order valence-electron chi connectivity index (χ2n) is 4.78. The lowest BCUT2D eigenvalue weighted by Crippen LogP contribution is -2.13. The average Bonchev–Trinajstić information content (AvgIpc) is 2.98. The number of thiazole rings is 1. The van der Waals surface area contributed by atoms with Gasteiger partial charge in [-0.25, -0.2) is 14.6 Å². The van der Waals surface area contributed by atoms with Crippen molar-refractivity contribution in [2.45, 2.75) is 6.61 Å². The molecule has 0 aliphatic carbocycles. The highest BCUT2D eigenvalue weighted by Crippen LogP contribution is 2.34. The standard InChI is InChI=1S/C16H11BrN2O4S/c17-11-7-6-10(14(20)21)13-12(11)18-15(24-13)19-16(22)23-8-9-4-2-1-3-5-9/h1-7H,8H2,(H,20,21)(H,18,19,22). The van der Waals surface area contributed by atoms with Crippen molar-refractivity contribution in [2.75, 3.05) is 5.32 Å². The van der Waals surface area contributed by atoms with Crippen molar-refractivity contribution in [1.29, 1.82) is 0 Å². The average molecular weight is 407 g/mol. The molecule has 3 aromatic rings. The first-order valence-electron chi connectivity index (χ1n) is 6.84. The van der Waals surface area contributed by atoms with Crippen molar-refractivity contribution >= 4 is 54.7 Å². The Morgan fingerprint density at radius 1 is 1.21 bits per heavy atom. The number of hydrogen-bond donors (Lipinski definition) is 2. The van der Waals surface area contributed by atoms with Crippen LogP contribution in [0.2, 0.25) is 0 Å². The summed E-state index contributed by atoms with van der Waals surface area (Å²) in [4.78, 5) is 27.4. The van der Waals surface area contributed by atoms with Gasteiger partial charge in [-0.2, -0.15) is 0 Å². The number of halogens is 1. The smallest absolute Gasteiger partial charge is 0.413 e. The maximum Gasteiger partial charge on any atom is 0.413 e. The van der Waals surface area contributed by atoms with E-state index in [0.717, 1.165) is 16.9 Å². The van der Waals surface area contributed by atoms with Crippen LogP contribution in [0.25, 0.3) is 10.2 Å². The van der Waals surface area contributed by atoms with Crippen LogP contribution in [0.1, 0.15) is 15.9 Å². The quantitative estimate of drug-likeness (QED) is 0.665. The summed E-state index contributed by atoms with van der Waals surface area (Å²) in [6.07, 6.45) is -0.647. The Morgan fingerprint density at radius 3 is 2.67 bits per heavy atom. The number of rotatable bonds is 4. The van der Waals surface area contributed by atoms with Gasteiger partial charge in [0.25, 0.3) is 0 Å². The van der Waals surface area contributed by atoms with Crippen molar-refractivity contribution in [1.82, 2.24) is 4.98 Å². The molecule has 0 fully saturated rings. The molecule has 2 aromatic carbocycles. The number of nitrogens with one attached hydrogen (secondary N) is 1. The van der Waals surface area contributed by atoms with Gasteiger partial charge in [0.1, 0.15) is 6.61 Å². The zero-order valence-electron chi connectivity index (χ0n) is 12.2. The van der Waals surface area contributed by atoms with Crippen molar-refractivity contribution in [3.63, 3.8) is 0 Å². The van der Waals surface area contributed by atoms with Crippen LogP contribution < -0.4 is 5.32 Å². The van der Waals surface area contributed by atoms with Crippen LogP contribution in [0.5, 0.6) is 0 Å². The topological polar surface area (TPSA) is 88.5 Å². The number of aromatic carboxylic acids is 1. The number of benzene rings is 2. The summed E-state index contributed by atoms with van der Waals surface area (Å²) in [5.41, 5.74) is 1.49. The molecule has 0 radical (unpaired) electrons. The second-order valence-corrected chi connectivity index (χ2v) is 6.64. The molecule has 1 amide bonds. The summed E-state index contributed by atoms with van der Waals surface area (Å²) in [5, 5.41) is 12.0. The molecule has 122 valence electrons. The zero-order valence-corrected chi connectivity index (χ0v) is 14.6. The van der Waals surface area contributed by atoms with Gasteiger partial charge < -0.3 is 9.84 Å². The lowest BCUT2D eigenvalue weighted by Gasteiger charge is -2.04. The highest BCUT2D eigenvalue weighted by atomic mass is 79.9. The third kappa shape index (κ3) is 3.55. The summed E-state index contributed by atoms with van der Waals surface area (Å²) in [6, 6.07) is 12.4. The van der Waals surface area contributed by atoms with Gasteiger partial charge in [-0.3, -0.25) is 5.32 Å². The number of hydrogen-bond acceptors (Lipinski definition) is 5. The molecule has 1 aromatic heterocycles. The number of aromatic nitrogens is 1. The van der Waals surface area contributed by atoms with E-state index in [4.69, 9.17) is 4.74 Å². The summed E-state index contributed by atoms with van der Waals surface area (Å²) in [5.74, 6) is -1.05. The molecule has 0 saturated carbocycles. The number of anilines is 1. The van der Waals surface area contributed by atoms with E-state index in [-0.39, 0.29) is 17.3 Å². The van der Waals surface area contributed by atoms with E-state index in [1.807, 2.05) is 30.3 Å². The first-order chi connectivity index (χ1) is 11.5. The Labute approximate surface area is 149 Å². The molecule has 8 heteroatoms. The van der Waals surface area contributed by atoms with Gasteiger partial charge in [0.15, 0.2) is 5.13 Å². The Hall–Kier alpha value is -2.45. The Kier molecular flexibility index (Phi) is 4.77. The molecular formula is C16H11BrN2O4S. The number of amides is 1.